The second-order valence-corrected chi connectivity index (χ2v) is 7.83. The van der Waals surface area contributed by atoms with Gasteiger partial charge in [0.2, 0.25) is 17.7 Å². The quantitative estimate of drug-likeness (QED) is 0.105. The van der Waals surface area contributed by atoms with Crippen molar-refractivity contribution in [1.82, 2.24) is 16.0 Å². The molecule has 0 spiro atoms. The van der Waals surface area contributed by atoms with E-state index in [1.54, 1.807) is 30.3 Å². The summed E-state index contributed by atoms with van der Waals surface area (Å²) in [6.07, 6.45) is 1.44. The molecule has 0 radical (unpaired) electrons. The zero-order valence-electron chi connectivity index (χ0n) is 18.3. The number of carbonyl (C=O) groups is 4. The fourth-order valence-corrected chi connectivity index (χ4v) is 3.17. The predicted molar refractivity (Wildman–Crippen MR) is 125 cm³/mol. The molecule has 1 aromatic carbocycles. The molecule has 11 nitrogen and oxygen atoms in total. The van der Waals surface area contributed by atoms with E-state index in [2.05, 4.69) is 28.6 Å². The minimum absolute atomic E-state index is 0.0615. The van der Waals surface area contributed by atoms with Crippen LogP contribution in [0.25, 0.3) is 0 Å². The van der Waals surface area contributed by atoms with E-state index in [4.69, 9.17) is 16.6 Å². The lowest BCUT2D eigenvalue weighted by Crippen LogP contribution is -2.58. The van der Waals surface area contributed by atoms with Crippen molar-refractivity contribution in [2.24, 2.45) is 11.5 Å². The van der Waals surface area contributed by atoms with Crippen LogP contribution in [-0.2, 0) is 25.6 Å². The fourth-order valence-electron chi connectivity index (χ4n) is 2.91. The van der Waals surface area contributed by atoms with E-state index < -0.39 is 54.5 Å². The highest BCUT2D eigenvalue weighted by Crippen LogP contribution is 2.06. The highest BCUT2D eigenvalue weighted by atomic mass is 32.1. The predicted octanol–water partition coefficient (Wildman–Crippen LogP) is -1.85. The second-order valence-electron chi connectivity index (χ2n) is 7.47. The number of rotatable bonds is 15. The van der Waals surface area contributed by atoms with Gasteiger partial charge in [-0.25, -0.2) is 4.79 Å². The third kappa shape index (κ3) is 10.2. The number of aliphatic hydroxyl groups excluding tert-OH is 1. The summed E-state index contributed by atoms with van der Waals surface area (Å²) in [5, 5.41) is 25.9. The molecule has 12 heteroatoms. The number of amides is 3. The molecule has 4 atom stereocenters. The van der Waals surface area contributed by atoms with Crippen LogP contribution in [0.5, 0.6) is 0 Å². The molecule has 0 aliphatic carbocycles. The average molecular weight is 484 g/mol. The topological polar surface area (TPSA) is 197 Å². The van der Waals surface area contributed by atoms with Gasteiger partial charge in [0.1, 0.15) is 24.2 Å². The summed E-state index contributed by atoms with van der Waals surface area (Å²) in [6, 6.07) is 4.23. The summed E-state index contributed by atoms with van der Waals surface area (Å²) in [4.78, 5) is 49.1. The van der Waals surface area contributed by atoms with Crippen LogP contribution in [0.2, 0.25) is 0 Å². The van der Waals surface area contributed by atoms with Gasteiger partial charge in [-0.05, 0) is 31.4 Å². The van der Waals surface area contributed by atoms with Crippen LogP contribution in [0.1, 0.15) is 24.8 Å². The highest BCUT2D eigenvalue weighted by molar-refractivity contribution is 7.80. The van der Waals surface area contributed by atoms with Gasteiger partial charge in [0.05, 0.1) is 6.61 Å². The molecular weight excluding hydrogens is 450 g/mol. The lowest BCUT2D eigenvalue weighted by molar-refractivity contribution is -0.142. The van der Waals surface area contributed by atoms with E-state index in [0.717, 1.165) is 5.56 Å². The molecule has 0 aliphatic heterocycles. The maximum absolute atomic E-state index is 12.8. The van der Waals surface area contributed by atoms with E-state index in [1.165, 1.54) is 0 Å². The number of aliphatic hydroxyl groups is 1. The number of carboxylic acids is 1. The molecule has 0 saturated carbocycles. The fraction of sp³-hybridized carbons (Fsp3) is 0.524. The van der Waals surface area contributed by atoms with Gasteiger partial charge in [-0.3, -0.25) is 14.4 Å². The number of nitrogens with two attached hydrogens (primary N) is 2. The van der Waals surface area contributed by atoms with Gasteiger partial charge >= 0.3 is 5.97 Å². The van der Waals surface area contributed by atoms with Crippen molar-refractivity contribution in [3.63, 3.8) is 0 Å². The molecule has 0 aliphatic rings. The molecule has 0 bridgehead atoms. The van der Waals surface area contributed by atoms with Gasteiger partial charge in [0.25, 0.3) is 0 Å². The van der Waals surface area contributed by atoms with Gasteiger partial charge in [0.15, 0.2) is 0 Å². The molecule has 0 aromatic heterocycles. The molecule has 33 heavy (non-hydrogen) atoms. The molecule has 9 N–H and O–H groups in total. The van der Waals surface area contributed by atoms with Crippen molar-refractivity contribution < 1.29 is 29.4 Å². The van der Waals surface area contributed by atoms with E-state index in [0.29, 0.717) is 19.4 Å². The van der Waals surface area contributed by atoms with Crippen molar-refractivity contribution >= 4 is 36.3 Å². The zero-order valence-corrected chi connectivity index (χ0v) is 19.2. The van der Waals surface area contributed by atoms with Crippen molar-refractivity contribution in [3.05, 3.63) is 35.9 Å². The molecule has 1 rings (SSSR count). The Morgan fingerprint density at radius 2 is 1.48 bits per heavy atom. The second kappa shape index (κ2) is 15.2. The van der Waals surface area contributed by atoms with Gasteiger partial charge in [-0.2, -0.15) is 12.6 Å². The number of hydrogen-bond donors (Lipinski definition) is 8. The Morgan fingerprint density at radius 1 is 0.909 bits per heavy atom. The Labute approximate surface area is 198 Å². The van der Waals surface area contributed by atoms with Gasteiger partial charge in [-0.1, -0.05) is 30.3 Å². The number of hydrogen-bond acceptors (Lipinski definition) is 8. The average Bonchev–Trinajstić information content (AvgIpc) is 2.81. The number of aliphatic carboxylic acids is 1. The lowest BCUT2D eigenvalue weighted by Gasteiger charge is -2.24. The Balaban J connectivity index is 2.84. The first kappa shape index (κ1) is 28.4. The van der Waals surface area contributed by atoms with E-state index >= 15 is 0 Å². The molecule has 4 unspecified atom stereocenters. The zero-order chi connectivity index (χ0) is 24.8. The number of benzene rings is 1. The van der Waals surface area contributed by atoms with Crippen molar-refractivity contribution in [1.29, 1.82) is 0 Å². The number of unbranched alkanes of at least 4 members (excludes halogenated alkanes) is 1. The molecule has 0 saturated heterocycles. The van der Waals surface area contributed by atoms with Gasteiger partial charge in [0, 0.05) is 12.2 Å². The highest BCUT2D eigenvalue weighted by Gasteiger charge is 2.29. The smallest absolute Gasteiger partial charge is 0.326 e. The first-order valence-corrected chi connectivity index (χ1v) is 11.2. The van der Waals surface area contributed by atoms with Crippen molar-refractivity contribution in [2.75, 3.05) is 18.9 Å². The summed E-state index contributed by atoms with van der Waals surface area (Å²) in [7, 11) is 0. The summed E-state index contributed by atoms with van der Waals surface area (Å²) in [6.45, 7) is -0.194. The third-order valence-electron chi connectivity index (χ3n) is 4.83. The largest absolute Gasteiger partial charge is 0.480 e. The summed E-state index contributed by atoms with van der Waals surface area (Å²) >= 11 is 4.09. The van der Waals surface area contributed by atoms with Crippen LogP contribution >= 0.6 is 12.6 Å². The van der Waals surface area contributed by atoms with Crippen LogP contribution in [-0.4, -0.2) is 77.0 Å². The number of nitrogens with one attached hydrogen (secondary N) is 3. The number of carboxylic acid groups (broad SMARTS) is 1. The molecule has 1 aromatic rings. The third-order valence-corrected chi connectivity index (χ3v) is 5.19. The molecule has 3 amide bonds. The SMILES string of the molecule is NCCCCC(NC(=O)C(N)CO)C(=O)NC(CS)C(=O)NC(Cc1ccccc1)C(=O)O. The minimum atomic E-state index is -1.22. The van der Waals surface area contributed by atoms with E-state index in [1.807, 2.05) is 0 Å². The van der Waals surface area contributed by atoms with Crippen LogP contribution in [0.3, 0.4) is 0 Å². The molecule has 0 fully saturated rings. The monoisotopic (exact) mass is 483 g/mol. The van der Waals surface area contributed by atoms with Gasteiger partial charge < -0.3 is 37.6 Å². The van der Waals surface area contributed by atoms with E-state index in [9.17, 15) is 24.3 Å². The Bertz CT molecular complexity index is 782. The van der Waals surface area contributed by atoms with Crippen molar-refractivity contribution in [2.45, 2.75) is 49.9 Å². The lowest BCUT2D eigenvalue weighted by atomic mass is 10.1. The molecular formula is C21H33N5O6S. The Kier molecular flexibility index (Phi) is 13.1. The first-order chi connectivity index (χ1) is 15.7. The van der Waals surface area contributed by atoms with Crippen LogP contribution in [0, 0.1) is 0 Å². The first-order valence-electron chi connectivity index (χ1n) is 10.6. The van der Waals surface area contributed by atoms with Crippen LogP contribution in [0.4, 0.5) is 0 Å². The number of thiol groups is 1. The Morgan fingerprint density at radius 3 is 2.03 bits per heavy atom. The maximum atomic E-state index is 12.8. The minimum Gasteiger partial charge on any atom is -0.480 e. The summed E-state index contributed by atoms with van der Waals surface area (Å²) < 4.78 is 0. The normalized spacial score (nSPS) is 14.4. The van der Waals surface area contributed by atoms with Gasteiger partial charge in [-0.15, -0.1) is 0 Å². The van der Waals surface area contributed by atoms with Crippen LogP contribution < -0.4 is 27.4 Å². The van der Waals surface area contributed by atoms with E-state index in [-0.39, 0.29) is 18.6 Å². The van der Waals surface area contributed by atoms with Crippen molar-refractivity contribution in [3.8, 4) is 0 Å². The molecule has 0 heterocycles. The molecule has 184 valence electrons. The van der Waals surface area contributed by atoms with Crippen LogP contribution in [0.15, 0.2) is 30.3 Å². The standard InChI is InChI=1S/C21H33N5O6S/c22-9-5-4-8-15(24-18(28)14(23)11-27)19(29)26-17(12-33)20(30)25-16(21(31)32)10-13-6-2-1-3-7-13/h1-3,6-7,14-17,27,33H,4-5,8-12,22-23H2,(H,24,28)(H,25,30)(H,26,29)(H,31,32). The Hall–Kier alpha value is -2.67. The summed E-state index contributed by atoms with van der Waals surface area (Å²) in [5.74, 6) is -3.42. The summed E-state index contributed by atoms with van der Waals surface area (Å²) in [5.41, 5.74) is 11.7. The maximum Gasteiger partial charge on any atom is 0.326 e. The number of carbonyl (C=O) groups excluding carboxylic acids is 3.